The zero-order valence-electron chi connectivity index (χ0n) is 44.8. The Morgan fingerprint density at radius 3 is 0.986 bits per heavy atom. The van der Waals surface area contributed by atoms with Gasteiger partial charge >= 0.3 is 23.7 Å². The lowest BCUT2D eigenvalue weighted by Crippen LogP contribution is -2.78. The van der Waals surface area contributed by atoms with E-state index in [0.29, 0.717) is 25.7 Å². The summed E-state index contributed by atoms with van der Waals surface area (Å²) in [7, 11) is 0. The zero-order valence-corrected chi connectivity index (χ0v) is 44.8. The Morgan fingerprint density at radius 2 is 0.690 bits per heavy atom. The number of hydrogen-bond acceptors (Lipinski definition) is 15. The normalized spacial score (nSPS) is 26.6. The summed E-state index contributed by atoms with van der Waals surface area (Å²) in [5.74, 6) is -12.0. The summed E-state index contributed by atoms with van der Waals surface area (Å²) in [4.78, 5) is 27.1. The van der Waals surface area contributed by atoms with Crippen LogP contribution < -0.4 is 0 Å². The van der Waals surface area contributed by atoms with Crippen LogP contribution in [0.3, 0.4) is 0 Å². The van der Waals surface area contributed by atoms with Crippen LogP contribution in [0.25, 0.3) is 0 Å². The summed E-state index contributed by atoms with van der Waals surface area (Å²) >= 11 is 0. The van der Waals surface area contributed by atoms with E-state index in [4.69, 9.17) is 23.7 Å². The molecular formula is C56H106O15. The molecule has 2 saturated heterocycles. The van der Waals surface area contributed by atoms with Crippen molar-refractivity contribution in [3.05, 3.63) is 0 Å². The average molecular weight is 1020 g/mol. The van der Waals surface area contributed by atoms with Crippen LogP contribution in [0.15, 0.2) is 0 Å². The molecule has 0 aromatic carbocycles. The summed E-state index contributed by atoms with van der Waals surface area (Å²) in [5, 5.41) is 86.8. The van der Waals surface area contributed by atoms with Crippen molar-refractivity contribution >= 4 is 11.9 Å². The molecule has 2 aliphatic heterocycles. The number of carbonyl (C=O) groups is 2. The molecule has 8 N–H and O–H groups in total. The fourth-order valence-electron chi connectivity index (χ4n) is 10.1. The number of ether oxygens (including phenoxy) is 5. The Hall–Kier alpha value is -1.50. The van der Waals surface area contributed by atoms with E-state index >= 15 is 0 Å². The van der Waals surface area contributed by atoms with E-state index in [0.717, 1.165) is 51.4 Å². The molecule has 0 amide bonds. The van der Waals surface area contributed by atoms with Gasteiger partial charge in [-0.1, -0.05) is 245 Å². The summed E-state index contributed by atoms with van der Waals surface area (Å²) in [6.45, 7) is 1.31. The topological polar surface area (TPSA) is 242 Å². The minimum atomic E-state index is -3.57. The van der Waals surface area contributed by atoms with E-state index < -0.39 is 85.9 Å². The summed E-state index contributed by atoms with van der Waals surface area (Å²) in [6.07, 6.45) is 31.7. The first-order chi connectivity index (χ1) is 34.4. The van der Waals surface area contributed by atoms with Crippen LogP contribution in [0.5, 0.6) is 0 Å². The number of rotatable bonds is 47. The SMILES string of the molecule is CCCCCCCCCCCCCCCCCCCCCC(=O)O[C@@]1(OC2(CO)O[C@H](CO)[C@@H](O)[C@@H]2O)O[C@H](CO)[C@@H](O)[C@H](O)[C@]1(O)OC(=O)CCCCCCCCCCCCCCCCCCCCC. The van der Waals surface area contributed by atoms with E-state index in [1.807, 2.05) is 0 Å². The third-order valence-corrected chi connectivity index (χ3v) is 14.7. The van der Waals surface area contributed by atoms with Gasteiger partial charge in [-0.2, -0.15) is 0 Å². The number of carbonyl (C=O) groups excluding carboxylic acids is 2. The van der Waals surface area contributed by atoms with Gasteiger partial charge in [0.2, 0.25) is 5.79 Å². The van der Waals surface area contributed by atoms with E-state index in [1.165, 1.54) is 167 Å². The third kappa shape index (κ3) is 24.8. The second-order valence-electron chi connectivity index (χ2n) is 21.0. The van der Waals surface area contributed by atoms with Crippen molar-refractivity contribution in [1.29, 1.82) is 0 Å². The van der Waals surface area contributed by atoms with Crippen molar-refractivity contribution in [1.82, 2.24) is 0 Å². The minimum Gasteiger partial charge on any atom is -0.420 e. The van der Waals surface area contributed by atoms with Crippen molar-refractivity contribution in [3.63, 3.8) is 0 Å². The molecular weight excluding hydrogens is 913 g/mol. The predicted molar refractivity (Wildman–Crippen MR) is 275 cm³/mol. The van der Waals surface area contributed by atoms with Gasteiger partial charge in [0.25, 0.3) is 0 Å². The summed E-state index contributed by atoms with van der Waals surface area (Å²) in [5.41, 5.74) is 0. The van der Waals surface area contributed by atoms with Crippen molar-refractivity contribution in [2.75, 3.05) is 19.8 Å². The first-order valence-corrected chi connectivity index (χ1v) is 29.2. The highest BCUT2D eigenvalue weighted by molar-refractivity contribution is 5.71. The molecule has 9 atom stereocenters. The fraction of sp³-hybridized carbons (Fsp3) is 0.964. The highest BCUT2D eigenvalue weighted by Crippen LogP contribution is 2.47. The lowest BCUT2D eigenvalue weighted by Gasteiger charge is -2.53. The van der Waals surface area contributed by atoms with Gasteiger partial charge in [0.1, 0.15) is 37.1 Å². The second kappa shape index (κ2) is 39.8. The fourth-order valence-corrected chi connectivity index (χ4v) is 10.1. The van der Waals surface area contributed by atoms with Gasteiger partial charge in [0.05, 0.1) is 13.2 Å². The maximum Gasteiger partial charge on any atom is 0.405 e. The molecule has 1 unspecified atom stereocenters. The molecule has 0 aliphatic carbocycles. The van der Waals surface area contributed by atoms with Crippen LogP contribution in [0.2, 0.25) is 0 Å². The highest BCUT2D eigenvalue weighted by atomic mass is 17.0. The highest BCUT2D eigenvalue weighted by Gasteiger charge is 2.75. The number of aliphatic hydroxyl groups is 8. The molecule has 2 heterocycles. The predicted octanol–water partition coefficient (Wildman–Crippen LogP) is 9.99. The molecule has 420 valence electrons. The number of unbranched alkanes of at least 4 members (excludes halogenated alkanes) is 36. The van der Waals surface area contributed by atoms with Crippen LogP contribution in [-0.2, 0) is 33.3 Å². The maximum absolute atomic E-state index is 13.7. The van der Waals surface area contributed by atoms with Crippen molar-refractivity contribution in [2.24, 2.45) is 0 Å². The zero-order chi connectivity index (χ0) is 52.1. The first kappa shape index (κ1) is 65.6. The molecule has 2 rings (SSSR count). The molecule has 2 fully saturated rings. The Bertz CT molecular complexity index is 1310. The molecule has 0 bridgehead atoms. The molecule has 0 radical (unpaired) electrons. The Balaban J connectivity index is 1.89. The molecule has 0 aromatic heterocycles. The van der Waals surface area contributed by atoms with Gasteiger partial charge < -0.3 is 59.8 Å². The van der Waals surface area contributed by atoms with E-state index in [-0.39, 0.29) is 12.8 Å². The molecule has 2 aliphatic rings. The summed E-state index contributed by atoms with van der Waals surface area (Å²) in [6, 6.07) is 0. The molecule has 0 spiro atoms. The maximum atomic E-state index is 13.7. The van der Waals surface area contributed by atoms with Gasteiger partial charge in [0, 0.05) is 12.8 Å². The van der Waals surface area contributed by atoms with E-state index in [9.17, 15) is 50.4 Å². The van der Waals surface area contributed by atoms with Crippen LogP contribution in [0, 0.1) is 0 Å². The minimum absolute atomic E-state index is 0.258. The number of aliphatic hydroxyl groups excluding tert-OH is 7. The molecule has 71 heavy (non-hydrogen) atoms. The van der Waals surface area contributed by atoms with Crippen LogP contribution in [0.1, 0.15) is 271 Å². The lowest BCUT2D eigenvalue weighted by molar-refractivity contribution is -0.554. The smallest absolute Gasteiger partial charge is 0.405 e. The van der Waals surface area contributed by atoms with Crippen LogP contribution in [-0.4, -0.2) is 127 Å². The third-order valence-electron chi connectivity index (χ3n) is 14.7. The Labute approximate surface area is 429 Å². The number of esters is 2. The summed E-state index contributed by atoms with van der Waals surface area (Å²) < 4.78 is 28.2. The lowest BCUT2D eigenvalue weighted by atomic mass is 9.93. The van der Waals surface area contributed by atoms with Crippen molar-refractivity contribution in [2.45, 2.75) is 325 Å². The van der Waals surface area contributed by atoms with Crippen molar-refractivity contribution in [3.8, 4) is 0 Å². The monoisotopic (exact) mass is 1020 g/mol. The standard InChI is InChI=1S/C56H106O15/c1-3-5-7-9-11-13-15-17-19-21-23-25-27-29-31-33-35-37-39-41-48(60)69-55(66)53(65)51(63)47(44-58)68-56(55,71-54(45-59)52(64)50(62)46(43-57)67-54)70-49(61)42-40-38-36-34-32-30-28-26-24-22-20-18-16-14-12-10-8-6-4-2/h46-47,50-53,57-59,62-66H,3-45H2,1-2H3/t46-,47-,50-,51-,52+,53+,54?,55+,56+/m1/s1. The average Bonchev–Trinajstić information content (AvgIpc) is 3.60. The Morgan fingerprint density at radius 1 is 0.408 bits per heavy atom. The largest absolute Gasteiger partial charge is 0.420 e. The molecule has 15 heteroatoms. The first-order valence-electron chi connectivity index (χ1n) is 29.2. The van der Waals surface area contributed by atoms with Gasteiger partial charge in [-0.05, 0) is 12.8 Å². The molecule has 0 aromatic rings. The van der Waals surface area contributed by atoms with Gasteiger partial charge in [-0.25, -0.2) is 0 Å². The van der Waals surface area contributed by atoms with Gasteiger partial charge in [-0.3, -0.25) is 14.3 Å². The van der Waals surface area contributed by atoms with Gasteiger partial charge in [0.15, 0.2) is 6.10 Å². The van der Waals surface area contributed by atoms with E-state index in [1.54, 1.807) is 0 Å². The molecule has 15 nitrogen and oxygen atoms in total. The Kier molecular flexibility index (Phi) is 36.8. The van der Waals surface area contributed by atoms with E-state index in [2.05, 4.69) is 13.8 Å². The molecule has 0 saturated carbocycles. The second-order valence-corrected chi connectivity index (χ2v) is 21.0. The van der Waals surface area contributed by atoms with Crippen LogP contribution >= 0.6 is 0 Å². The van der Waals surface area contributed by atoms with Gasteiger partial charge in [-0.15, -0.1) is 0 Å². The van der Waals surface area contributed by atoms with Crippen molar-refractivity contribution < 1.29 is 74.1 Å². The van der Waals surface area contributed by atoms with Crippen LogP contribution in [0.4, 0.5) is 0 Å². The quantitative estimate of drug-likeness (QED) is 0.0161. The number of hydrogen-bond donors (Lipinski definition) is 8.